The van der Waals surface area contributed by atoms with E-state index in [1.807, 2.05) is 27.7 Å². The Morgan fingerprint density at radius 1 is 0.900 bits per heavy atom. The summed E-state index contributed by atoms with van der Waals surface area (Å²) in [5, 5.41) is 19.8. The van der Waals surface area contributed by atoms with E-state index in [1.54, 1.807) is 13.8 Å². The van der Waals surface area contributed by atoms with Crippen molar-refractivity contribution in [3.8, 4) is 0 Å². The molecule has 20 heavy (non-hydrogen) atoms. The van der Waals surface area contributed by atoms with E-state index in [9.17, 15) is 19.8 Å². The summed E-state index contributed by atoms with van der Waals surface area (Å²) >= 11 is 0. The maximum Gasteiger partial charge on any atom is 0.311 e. The Morgan fingerprint density at radius 2 is 1.35 bits per heavy atom. The van der Waals surface area contributed by atoms with Crippen LogP contribution in [0.4, 0.5) is 0 Å². The Bertz CT molecular complexity index is 350. The van der Waals surface area contributed by atoms with Crippen LogP contribution in [0.25, 0.3) is 0 Å². The standard InChI is InChI=1S/C16H30O4/c1-7-10-11-16(13(19)20,14(4,5)6)15(8-2,9-3)12(17)18/h7-11H2,1-6H3,(H,17,18)(H,19,20). The van der Waals surface area contributed by atoms with Crippen LogP contribution in [0.2, 0.25) is 0 Å². The number of rotatable bonds is 8. The molecule has 0 fully saturated rings. The number of carbonyl (C=O) groups is 2. The predicted molar refractivity (Wildman–Crippen MR) is 79.7 cm³/mol. The first-order valence-corrected chi connectivity index (χ1v) is 7.54. The van der Waals surface area contributed by atoms with Gasteiger partial charge in [0.2, 0.25) is 0 Å². The number of carboxylic acids is 2. The lowest BCUT2D eigenvalue weighted by Crippen LogP contribution is -2.58. The summed E-state index contributed by atoms with van der Waals surface area (Å²) in [5.74, 6) is -1.97. The van der Waals surface area contributed by atoms with Crippen molar-refractivity contribution in [3.05, 3.63) is 0 Å². The van der Waals surface area contributed by atoms with Crippen LogP contribution in [-0.4, -0.2) is 22.2 Å². The average Bonchev–Trinajstić information content (AvgIpc) is 2.32. The molecular weight excluding hydrogens is 256 g/mol. The SMILES string of the molecule is CCCCC(C(=O)O)(C(C)(C)C)C(CC)(CC)C(=O)O. The van der Waals surface area contributed by atoms with Gasteiger partial charge in [0.1, 0.15) is 0 Å². The fraction of sp³-hybridized carbons (Fsp3) is 0.875. The van der Waals surface area contributed by atoms with E-state index in [2.05, 4.69) is 0 Å². The van der Waals surface area contributed by atoms with Crippen molar-refractivity contribution < 1.29 is 19.8 Å². The second kappa shape index (κ2) is 6.59. The molecule has 1 atom stereocenters. The van der Waals surface area contributed by atoms with Gasteiger partial charge >= 0.3 is 11.9 Å². The highest BCUT2D eigenvalue weighted by molar-refractivity contribution is 5.87. The molecule has 0 aliphatic heterocycles. The average molecular weight is 286 g/mol. The molecule has 0 aromatic rings. The molecule has 0 aromatic carbocycles. The quantitative estimate of drug-likeness (QED) is 0.701. The van der Waals surface area contributed by atoms with Gasteiger partial charge in [0.25, 0.3) is 0 Å². The van der Waals surface area contributed by atoms with Gasteiger partial charge in [0.05, 0.1) is 10.8 Å². The van der Waals surface area contributed by atoms with Gasteiger partial charge in [-0.1, -0.05) is 54.4 Å². The van der Waals surface area contributed by atoms with Gasteiger partial charge in [-0.25, -0.2) is 0 Å². The molecule has 118 valence electrons. The zero-order chi connectivity index (χ0) is 16.2. The second-order valence-corrected chi connectivity index (χ2v) is 6.66. The molecule has 0 bridgehead atoms. The number of hydrogen-bond acceptors (Lipinski definition) is 2. The van der Waals surface area contributed by atoms with Gasteiger partial charge in [0, 0.05) is 0 Å². The summed E-state index contributed by atoms with van der Waals surface area (Å²) in [4.78, 5) is 24.2. The normalized spacial score (nSPS) is 15.7. The van der Waals surface area contributed by atoms with Crippen LogP contribution in [0.15, 0.2) is 0 Å². The minimum atomic E-state index is -1.26. The van der Waals surface area contributed by atoms with Gasteiger partial charge in [-0.2, -0.15) is 0 Å². The first kappa shape index (κ1) is 18.9. The number of aliphatic carboxylic acids is 2. The van der Waals surface area contributed by atoms with Crippen molar-refractivity contribution in [2.45, 2.75) is 73.6 Å². The number of carboxylic acid groups (broad SMARTS) is 2. The minimum Gasteiger partial charge on any atom is -0.481 e. The fourth-order valence-corrected chi connectivity index (χ4v) is 3.75. The molecule has 0 aliphatic rings. The van der Waals surface area contributed by atoms with Gasteiger partial charge in [0.15, 0.2) is 0 Å². The lowest BCUT2D eigenvalue weighted by atomic mass is 9.48. The zero-order valence-corrected chi connectivity index (χ0v) is 13.7. The highest BCUT2D eigenvalue weighted by Gasteiger charge is 2.64. The van der Waals surface area contributed by atoms with Crippen LogP contribution in [0.3, 0.4) is 0 Å². The molecule has 4 nitrogen and oxygen atoms in total. The lowest BCUT2D eigenvalue weighted by molar-refractivity contribution is -0.190. The largest absolute Gasteiger partial charge is 0.481 e. The minimum absolute atomic E-state index is 0.326. The van der Waals surface area contributed by atoms with Crippen molar-refractivity contribution in [3.63, 3.8) is 0 Å². The van der Waals surface area contributed by atoms with E-state index in [4.69, 9.17) is 0 Å². The molecule has 0 spiro atoms. The first-order chi connectivity index (χ1) is 9.07. The van der Waals surface area contributed by atoms with Crippen molar-refractivity contribution in [1.29, 1.82) is 0 Å². The van der Waals surface area contributed by atoms with Gasteiger partial charge in [-0.05, 0) is 24.7 Å². The second-order valence-electron chi connectivity index (χ2n) is 6.66. The van der Waals surface area contributed by atoms with Crippen LogP contribution in [0.1, 0.15) is 73.6 Å². The molecule has 0 saturated heterocycles. The third-order valence-corrected chi connectivity index (χ3v) is 4.98. The third kappa shape index (κ3) is 2.70. The van der Waals surface area contributed by atoms with E-state index in [0.29, 0.717) is 19.3 Å². The molecule has 0 saturated carbocycles. The molecule has 0 aromatic heterocycles. The summed E-state index contributed by atoms with van der Waals surface area (Å²) in [7, 11) is 0. The monoisotopic (exact) mass is 286 g/mol. The molecule has 0 aliphatic carbocycles. The summed E-state index contributed by atoms with van der Waals surface area (Å²) in [6.07, 6.45) is 2.63. The summed E-state index contributed by atoms with van der Waals surface area (Å²) < 4.78 is 0. The van der Waals surface area contributed by atoms with Gasteiger partial charge in [-0.3, -0.25) is 9.59 Å². The van der Waals surface area contributed by atoms with Crippen LogP contribution in [-0.2, 0) is 9.59 Å². The molecule has 0 amide bonds. The Hall–Kier alpha value is -1.06. The molecule has 0 rings (SSSR count). The highest BCUT2D eigenvalue weighted by Crippen LogP contribution is 2.58. The van der Waals surface area contributed by atoms with Crippen LogP contribution >= 0.6 is 0 Å². The van der Waals surface area contributed by atoms with E-state index < -0.39 is 28.2 Å². The number of hydrogen-bond donors (Lipinski definition) is 2. The Balaban J connectivity index is 6.32. The summed E-state index contributed by atoms with van der Waals surface area (Å²) in [5.41, 5.74) is -3.12. The molecule has 2 N–H and O–H groups in total. The molecule has 0 heterocycles. The van der Waals surface area contributed by atoms with E-state index >= 15 is 0 Å². The maximum atomic E-state index is 12.2. The smallest absolute Gasteiger partial charge is 0.311 e. The van der Waals surface area contributed by atoms with Crippen LogP contribution < -0.4 is 0 Å². The maximum absolute atomic E-state index is 12.2. The van der Waals surface area contributed by atoms with Gasteiger partial charge in [-0.15, -0.1) is 0 Å². The molecular formula is C16H30O4. The Labute approximate surface area is 122 Å². The Morgan fingerprint density at radius 3 is 1.55 bits per heavy atom. The van der Waals surface area contributed by atoms with Crippen molar-refractivity contribution in [2.75, 3.05) is 0 Å². The van der Waals surface area contributed by atoms with E-state index in [1.165, 1.54) is 0 Å². The summed E-state index contributed by atoms with van der Waals surface area (Å²) in [6.45, 7) is 11.1. The van der Waals surface area contributed by atoms with Crippen LogP contribution in [0, 0.1) is 16.2 Å². The van der Waals surface area contributed by atoms with Crippen LogP contribution in [0.5, 0.6) is 0 Å². The van der Waals surface area contributed by atoms with Crippen molar-refractivity contribution in [2.24, 2.45) is 16.2 Å². The predicted octanol–water partition coefficient (Wildman–Crippen LogP) is 4.18. The van der Waals surface area contributed by atoms with Crippen molar-refractivity contribution >= 4 is 11.9 Å². The van der Waals surface area contributed by atoms with Crippen molar-refractivity contribution in [1.82, 2.24) is 0 Å². The molecule has 1 unspecified atom stereocenters. The third-order valence-electron chi connectivity index (χ3n) is 4.98. The topological polar surface area (TPSA) is 74.6 Å². The molecule has 0 radical (unpaired) electrons. The van der Waals surface area contributed by atoms with E-state index in [0.717, 1.165) is 12.8 Å². The van der Waals surface area contributed by atoms with E-state index in [-0.39, 0.29) is 0 Å². The highest BCUT2D eigenvalue weighted by atomic mass is 16.4. The zero-order valence-electron chi connectivity index (χ0n) is 13.7. The summed E-state index contributed by atoms with van der Waals surface area (Å²) in [6, 6.07) is 0. The van der Waals surface area contributed by atoms with Gasteiger partial charge < -0.3 is 10.2 Å². The number of unbranched alkanes of at least 4 members (excludes halogenated alkanes) is 1. The lowest BCUT2D eigenvalue weighted by Gasteiger charge is -2.52. The molecule has 4 heteroatoms. The fourth-order valence-electron chi connectivity index (χ4n) is 3.75. The Kier molecular flexibility index (Phi) is 6.25. The first-order valence-electron chi connectivity index (χ1n) is 7.54.